The molecule has 1 heterocycles. The molecule has 2 rings (SSSR count). The molecular weight excluding hydrogens is 288 g/mol. The lowest BCUT2D eigenvalue weighted by Gasteiger charge is -2.29. The molecule has 1 atom stereocenters. The average Bonchev–Trinajstić information content (AvgIpc) is 2.41. The van der Waals surface area contributed by atoms with E-state index < -0.39 is 0 Å². The van der Waals surface area contributed by atoms with Gasteiger partial charge >= 0.3 is 0 Å². The maximum absolute atomic E-state index is 3.64. The highest BCUT2D eigenvalue weighted by atomic mass is 79.9. The molecule has 0 bridgehead atoms. The maximum Gasteiger partial charge on any atom is 0.0244 e. The summed E-state index contributed by atoms with van der Waals surface area (Å²) in [5, 5.41) is 3.50. The SMILES string of the molecule is CCN(Cc1ccccc1Br)CC1CCCNC1. The van der Waals surface area contributed by atoms with Crippen molar-refractivity contribution in [2.24, 2.45) is 5.92 Å². The van der Waals surface area contributed by atoms with Crippen LogP contribution in [0.25, 0.3) is 0 Å². The van der Waals surface area contributed by atoms with E-state index in [4.69, 9.17) is 0 Å². The summed E-state index contributed by atoms with van der Waals surface area (Å²) in [6.07, 6.45) is 2.71. The van der Waals surface area contributed by atoms with E-state index in [1.54, 1.807) is 0 Å². The summed E-state index contributed by atoms with van der Waals surface area (Å²) in [6, 6.07) is 8.54. The Balaban J connectivity index is 1.90. The summed E-state index contributed by atoms with van der Waals surface area (Å²) >= 11 is 3.64. The number of benzene rings is 1. The van der Waals surface area contributed by atoms with Crippen LogP contribution in [0.5, 0.6) is 0 Å². The van der Waals surface area contributed by atoms with Gasteiger partial charge in [0.1, 0.15) is 0 Å². The number of hydrogen-bond acceptors (Lipinski definition) is 2. The van der Waals surface area contributed by atoms with Crippen molar-refractivity contribution in [1.82, 2.24) is 10.2 Å². The summed E-state index contributed by atoms with van der Waals surface area (Å²) in [5.74, 6) is 0.821. The first-order valence-corrected chi connectivity index (χ1v) is 7.75. The fraction of sp³-hybridized carbons (Fsp3) is 0.600. The molecular formula is C15H23BrN2. The van der Waals surface area contributed by atoms with Crippen molar-refractivity contribution < 1.29 is 0 Å². The first kappa shape index (κ1) is 14.0. The predicted octanol–water partition coefficient (Wildman–Crippen LogP) is 3.27. The number of rotatable bonds is 5. The van der Waals surface area contributed by atoms with Gasteiger partial charge < -0.3 is 5.32 Å². The summed E-state index contributed by atoms with van der Waals surface area (Å²) in [7, 11) is 0. The van der Waals surface area contributed by atoms with Crippen LogP contribution in [0.3, 0.4) is 0 Å². The number of nitrogens with one attached hydrogen (secondary N) is 1. The Kier molecular flexibility index (Phi) is 5.67. The van der Waals surface area contributed by atoms with Crippen molar-refractivity contribution in [3.8, 4) is 0 Å². The zero-order valence-electron chi connectivity index (χ0n) is 11.2. The molecule has 1 aliphatic rings. The number of hydrogen-bond donors (Lipinski definition) is 1. The molecule has 1 N–H and O–H groups in total. The Bertz CT molecular complexity index is 361. The molecule has 1 unspecified atom stereocenters. The summed E-state index contributed by atoms with van der Waals surface area (Å²) in [5.41, 5.74) is 1.39. The lowest BCUT2D eigenvalue weighted by Crippen LogP contribution is -2.38. The highest BCUT2D eigenvalue weighted by molar-refractivity contribution is 9.10. The predicted molar refractivity (Wildman–Crippen MR) is 80.7 cm³/mol. The first-order valence-electron chi connectivity index (χ1n) is 6.96. The van der Waals surface area contributed by atoms with Gasteiger partial charge in [-0.15, -0.1) is 0 Å². The molecule has 100 valence electrons. The highest BCUT2D eigenvalue weighted by Gasteiger charge is 2.16. The lowest BCUT2D eigenvalue weighted by molar-refractivity contribution is 0.209. The van der Waals surface area contributed by atoms with Crippen LogP contribution in [0.2, 0.25) is 0 Å². The Hall–Kier alpha value is -0.380. The van der Waals surface area contributed by atoms with Crippen molar-refractivity contribution in [2.75, 3.05) is 26.2 Å². The second-order valence-corrected chi connectivity index (χ2v) is 5.99. The fourth-order valence-corrected chi connectivity index (χ4v) is 3.03. The third kappa shape index (κ3) is 4.08. The van der Waals surface area contributed by atoms with Crippen LogP contribution in [-0.2, 0) is 6.54 Å². The normalized spacial score (nSPS) is 20.3. The number of nitrogens with zero attached hydrogens (tertiary/aromatic N) is 1. The molecule has 3 heteroatoms. The smallest absolute Gasteiger partial charge is 0.0244 e. The van der Waals surface area contributed by atoms with E-state index in [0.29, 0.717) is 0 Å². The van der Waals surface area contributed by atoms with Crippen LogP contribution >= 0.6 is 15.9 Å². The van der Waals surface area contributed by atoms with Crippen molar-refractivity contribution in [1.29, 1.82) is 0 Å². The minimum Gasteiger partial charge on any atom is -0.316 e. The molecule has 1 aliphatic heterocycles. The molecule has 1 aromatic rings. The van der Waals surface area contributed by atoms with Crippen molar-refractivity contribution in [3.63, 3.8) is 0 Å². The Labute approximate surface area is 119 Å². The van der Waals surface area contributed by atoms with Gasteiger partial charge in [0.2, 0.25) is 0 Å². The minimum absolute atomic E-state index is 0.821. The first-order chi connectivity index (χ1) is 8.79. The fourth-order valence-electron chi connectivity index (χ4n) is 2.62. The molecule has 18 heavy (non-hydrogen) atoms. The Morgan fingerprint density at radius 3 is 2.89 bits per heavy atom. The van der Waals surface area contributed by atoms with Crippen LogP contribution in [0.15, 0.2) is 28.7 Å². The third-order valence-electron chi connectivity index (χ3n) is 3.71. The third-order valence-corrected chi connectivity index (χ3v) is 4.49. The minimum atomic E-state index is 0.821. The van der Waals surface area contributed by atoms with Gasteiger partial charge in [0, 0.05) is 17.6 Å². The molecule has 2 nitrogen and oxygen atoms in total. The van der Waals surface area contributed by atoms with E-state index in [1.165, 1.54) is 42.5 Å². The van der Waals surface area contributed by atoms with Gasteiger partial charge in [0.25, 0.3) is 0 Å². The van der Waals surface area contributed by atoms with Gasteiger partial charge in [0.15, 0.2) is 0 Å². The van der Waals surface area contributed by atoms with Crippen molar-refractivity contribution in [3.05, 3.63) is 34.3 Å². The van der Waals surface area contributed by atoms with Crippen LogP contribution < -0.4 is 5.32 Å². The maximum atomic E-state index is 3.64. The van der Waals surface area contributed by atoms with Crippen LogP contribution in [0.1, 0.15) is 25.3 Å². The van der Waals surface area contributed by atoms with E-state index in [2.05, 4.69) is 57.3 Å². The van der Waals surface area contributed by atoms with Crippen molar-refractivity contribution in [2.45, 2.75) is 26.3 Å². The molecule has 0 saturated carbocycles. The molecule has 1 fully saturated rings. The largest absolute Gasteiger partial charge is 0.316 e. The van der Waals surface area contributed by atoms with Gasteiger partial charge in [-0.25, -0.2) is 0 Å². The Morgan fingerprint density at radius 1 is 1.39 bits per heavy atom. The summed E-state index contributed by atoms with van der Waals surface area (Å²) in [4.78, 5) is 2.55. The van der Waals surface area contributed by atoms with Gasteiger partial charge in [-0.05, 0) is 50.0 Å². The van der Waals surface area contributed by atoms with Gasteiger partial charge in [-0.2, -0.15) is 0 Å². The van der Waals surface area contributed by atoms with E-state index in [0.717, 1.165) is 19.0 Å². The molecule has 0 aromatic heterocycles. The zero-order valence-corrected chi connectivity index (χ0v) is 12.7. The average molecular weight is 311 g/mol. The molecule has 1 aromatic carbocycles. The topological polar surface area (TPSA) is 15.3 Å². The Morgan fingerprint density at radius 2 is 2.22 bits per heavy atom. The molecule has 0 spiro atoms. The van der Waals surface area contributed by atoms with E-state index in [9.17, 15) is 0 Å². The standard InChI is InChI=1S/C15H23BrN2/c1-2-18(11-13-6-5-9-17-10-13)12-14-7-3-4-8-15(14)16/h3-4,7-8,13,17H,2,5-6,9-12H2,1H3. The number of piperidine rings is 1. The van der Waals surface area contributed by atoms with Gasteiger partial charge in [-0.3, -0.25) is 4.90 Å². The number of halogens is 1. The second kappa shape index (κ2) is 7.27. The summed E-state index contributed by atoms with van der Waals surface area (Å²) in [6.45, 7) is 8.03. The molecule has 0 radical (unpaired) electrons. The van der Waals surface area contributed by atoms with Gasteiger partial charge in [-0.1, -0.05) is 41.1 Å². The quantitative estimate of drug-likeness (QED) is 0.898. The van der Waals surface area contributed by atoms with Crippen LogP contribution in [0.4, 0.5) is 0 Å². The molecule has 0 aliphatic carbocycles. The monoisotopic (exact) mass is 310 g/mol. The van der Waals surface area contributed by atoms with E-state index in [1.807, 2.05) is 0 Å². The summed E-state index contributed by atoms with van der Waals surface area (Å²) < 4.78 is 1.23. The van der Waals surface area contributed by atoms with Crippen LogP contribution in [0, 0.1) is 5.92 Å². The van der Waals surface area contributed by atoms with E-state index in [-0.39, 0.29) is 0 Å². The molecule has 1 saturated heterocycles. The second-order valence-electron chi connectivity index (χ2n) is 5.13. The highest BCUT2D eigenvalue weighted by Crippen LogP contribution is 2.19. The van der Waals surface area contributed by atoms with Crippen molar-refractivity contribution >= 4 is 15.9 Å². The van der Waals surface area contributed by atoms with Crippen LogP contribution in [-0.4, -0.2) is 31.1 Å². The zero-order chi connectivity index (χ0) is 12.8. The van der Waals surface area contributed by atoms with E-state index >= 15 is 0 Å². The lowest BCUT2D eigenvalue weighted by atomic mass is 9.99. The molecule has 0 amide bonds. The van der Waals surface area contributed by atoms with Gasteiger partial charge in [0.05, 0.1) is 0 Å².